The second-order valence-corrected chi connectivity index (χ2v) is 10.2. The molecule has 0 spiro atoms. The standard InChI is InChI=1S/C21H29N3O4S2/c1-4-24(5-2)30(26,27)15-12-13-18(28-3)16(14-15)20(25)23-21-22-17-10-8-6-7-9-11-19(17)29-21/h12-14H,4-11H2,1-3H3,(H,22,23,25). The van der Waals surface area contributed by atoms with Gasteiger partial charge in [-0.15, -0.1) is 11.3 Å². The lowest BCUT2D eigenvalue weighted by molar-refractivity contribution is 0.102. The predicted molar refractivity (Wildman–Crippen MR) is 119 cm³/mol. The number of carbonyl (C=O) groups excluding carboxylic acids is 1. The number of carbonyl (C=O) groups is 1. The maximum absolute atomic E-state index is 13.0. The molecular weight excluding hydrogens is 422 g/mol. The Morgan fingerprint density at radius 3 is 2.53 bits per heavy atom. The van der Waals surface area contributed by atoms with Crippen molar-refractivity contribution in [2.45, 2.75) is 57.3 Å². The molecule has 0 aliphatic heterocycles. The molecule has 0 fully saturated rings. The van der Waals surface area contributed by atoms with E-state index in [1.807, 2.05) is 0 Å². The van der Waals surface area contributed by atoms with Crippen LogP contribution in [0.1, 0.15) is 60.5 Å². The van der Waals surface area contributed by atoms with Crippen molar-refractivity contribution < 1.29 is 17.9 Å². The summed E-state index contributed by atoms with van der Waals surface area (Å²) in [6, 6.07) is 4.37. The highest BCUT2D eigenvalue weighted by Crippen LogP contribution is 2.30. The molecule has 1 aromatic heterocycles. The van der Waals surface area contributed by atoms with E-state index in [0.29, 0.717) is 24.0 Å². The molecule has 1 heterocycles. The van der Waals surface area contributed by atoms with Crippen LogP contribution >= 0.6 is 11.3 Å². The minimum atomic E-state index is -3.68. The van der Waals surface area contributed by atoms with E-state index in [9.17, 15) is 13.2 Å². The second-order valence-electron chi connectivity index (χ2n) is 7.21. The molecule has 1 aliphatic rings. The number of hydrogen-bond donors (Lipinski definition) is 1. The van der Waals surface area contributed by atoms with Crippen LogP contribution in [0.2, 0.25) is 0 Å². The molecule has 9 heteroatoms. The first-order valence-electron chi connectivity index (χ1n) is 10.4. The van der Waals surface area contributed by atoms with Gasteiger partial charge in [0.25, 0.3) is 5.91 Å². The normalized spacial score (nSPS) is 14.7. The van der Waals surface area contributed by atoms with Gasteiger partial charge in [-0.1, -0.05) is 26.7 Å². The Balaban J connectivity index is 1.89. The van der Waals surface area contributed by atoms with Crippen LogP contribution in [0.4, 0.5) is 5.13 Å². The van der Waals surface area contributed by atoms with Crippen LogP contribution in [0.3, 0.4) is 0 Å². The number of aryl methyl sites for hydroxylation is 2. The van der Waals surface area contributed by atoms with Crippen molar-refractivity contribution in [3.05, 3.63) is 34.3 Å². The van der Waals surface area contributed by atoms with Crippen molar-refractivity contribution in [3.63, 3.8) is 0 Å². The van der Waals surface area contributed by atoms with E-state index in [4.69, 9.17) is 4.74 Å². The zero-order valence-electron chi connectivity index (χ0n) is 17.7. The Bertz CT molecular complexity index is 972. The van der Waals surface area contributed by atoms with Crippen molar-refractivity contribution in [2.24, 2.45) is 0 Å². The van der Waals surface area contributed by atoms with Crippen LogP contribution in [0, 0.1) is 0 Å². The van der Waals surface area contributed by atoms with Crippen LogP contribution in [0.5, 0.6) is 5.75 Å². The Hall–Kier alpha value is -1.97. The number of methoxy groups -OCH3 is 1. The zero-order valence-corrected chi connectivity index (χ0v) is 19.4. The van der Waals surface area contributed by atoms with E-state index in [-0.39, 0.29) is 10.5 Å². The summed E-state index contributed by atoms with van der Waals surface area (Å²) in [6.45, 7) is 4.29. The van der Waals surface area contributed by atoms with E-state index in [1.54, 1.807) is 13.8 Å². The SMILES string of the molecule is CCN(CC)S(=O)(=O)c1ccc(OC)c(C(=O)Nc2nc3c(s2)CCCCCC3)c1. The van der Waals surface area contributed by atoms with Crippen LogP contribution in [-0.2, 0) is 22.9 Å². The van der Waals surface area contributed by atoms with Gasteiger partial charge in [0.2, 0.25) is 10.0 Å². The lowest BCUT2D eigenvalue weighted by Crippen LogP contribution is -2.30. The van der Waals surface area contributed by atoms with Gasteiger partial charge in [-0.25, -0.2) is 13.4 Å². The Labute approximate surface area is 182 Å². The number of nitrogens with zero attached hydrogens (tertiary/aromatic N) is 2. The number of amides is 1. The highest BCUT2D eigenvalue weighted by Gasteiger charge is 2.25. The quantitative estimate of drug-likeness (QED) is 0.685. The fourth-order valence-corrected chi connectivity index (χ4v) is 6.19. The first kappa shape index (κ1) is 22.7. The number of benzene rings is 1. The molecule has 1 N–H and O–H groups in total. The fourth-order valence-electron chi connectivity index (χ4n) is 3.66. The number of sulfonamides is 1. The number of anilines is 1. The summed E-state index contributed by atoms with van der Waals surface area (Å²) in [5, 5.41) is 3.39. The number of fused-ring (bicyclic) bond motifs is 1. The van der Waals surface area contributed by atoms with Gasteiger partial charge in [-0.2, -0.15) is 4.31 Å². The summed E-state index contributed by atoms with van der Waals surface area (Å²) in [5.74, 6) is -0.105. The van der Waals surface area contributed by atoms with Crippen LogP contribution in [-0.4, -0.2) is 43.8 Å². The van der Waals surface area contributed by atoms with Gasteiger partial charge < -0.3 is 4.74 Å². The van der Waals surface area contributed by atoms with Gasteiger partial charge in [-0.05, 0) is 43.9 Å². The van der Waals surface area contributed by atoms with Crippen molar-refractivity contribution in [1.29, 1.82) is 0 Å². The molecule has 3 rings (SSSR count). The molecule has 164 valence electrons. The smallest absolute Gasteiger partial charge is 0.261 e. The van der Waals surface area contributed by atoms with Gasteiger partial charge in [0.1, 0.15) is 5.75 Å². The first-order valence-corrected chi connectivity index (χ1v) is 12.6. The van der Waals surface area contributed by atoms with E-state index >= 15 is 0 Å². The third kappa shape index (κ3) is 4.84. The monoisotopic (exact) mass is 451 g/mol. The molecule has 2 aromatic rings. The van der Waals surface area contributed by atoms with E-state index in [2.05, 4.69) is 10.3 Å². The maximum Gasteiger partial charge on any atom is 0.261 e. The summed E-state index contributed by atoms with van der Waals surface area (Å²) < 4.78 is 32.4. The van der Waals surface area contributed by atoms with Crippen molar-refractivity contribution in [3.8, 4) is 5.75 Å². The lowest BCUT2D eigenvalue weighted by atomic mass is 10.0. The molecule has 1 aliphatic carbocycles. The van der Waals surface area contributed by atoms with Crippen LogP contribution in [0.25, 0.3) is 0 Å². The highest BCUT2D eigenvalue weighted by molar-refractivity contribution is 7.89. The Morgan fingerprint density at radius 2 is 1.87 bits per heavy atom. The maximum atomic E-state index is 13.0. The number of hydrogen-bond acceptors (Lipinski definition) is 6. The van der Waals surface area contributed by atoms with Crippen LogP contribution in [0.15, 0.2) is 23.1 Å². The van der Waals surface area contributed by atoms with Gasteiger partial charge in [0, 0.05) is 18.0 Å². The summed E-state index contributed by atoms with van der Waals surface area (Å²) in [7, 11) is -2.22. The molecule has 0 saturated heterocycles. The Kier molecular flexibility index (Phi) is 7.49. The zero-order chi connectivity index (χ0) is 21.7. The Morgan fingerprint density at radius 1 is 1.17 bits per heavy atom. The first-order chi connectivity index (χ1) is 14.4. The average Bonchev–Trinajstić information content (AvgIpc) is 3.08. The molecule has 0 atom stereocenters. The summed E-state index contributed by atoms with van der Waals surface area (Å²) in [4.78, 5) is 18.9. The summed E-state index contributed by atoms with van der Waals surface area (Å²) >= 11 is 1.51. The largest absolute Gasteiger partial charge is 0.496 e. The van der Waals surface area contributed by atoms with Crippen molar-refractivity contribution >= 4 is 32.4 Å². The molecular formula is C21H29N3O4S2. The fraction of sp³-hybridized carbons (Fsp3) is 0.524. The summed E-state index contributed by atoms with van der Waals surface area (Å²) in [5.41, 5.74) is 1.24. The van der Waals surface area contributed by atoms with Crippen molar-refractivity contribution in [1.82, 2.24) is 9.29 Å². The van der Waals surface area contributed by atoms with Gasteiger partial charge in [0.05, 0.1) is 23.3 Å². The molecule has 1 amide bonds. The van der Waals surface area contributed by atoms with Gasteiger partial charge >= 0.3 is 0 Å². The van der Waals surface area contributed by atoms with E-state index in [1.165, 1.54) is 58.7 Å². The summed E-state index contributed by atoms with van der Waals surface area (Å²) in [6.07, 6.45) is 6.62. The lowest BCUT2D eigenvalue weighted by Gasteiger charge is -2.19. The second kappa shape index (κ2) is 9.89. The number of thiazole rings is 1. The highest BCUT2D eigenvalue weighted by atomic mass is 32.2. The molecule has 1 aromatic carbocycles. The third-order valence-corrected chi connectivity index (χ3v) is 8.44. The number of aromatic nitrogens is 1. The minimum absolute atomic E-state index is 0.0727. The van der Waals surface area contributed by atoms with Gasteiger partial charge in [0.15, 0.2) is 5.13 Å². The third-order valence-electron chi connectivity index (χ3n) is 5.32. The van der Waals surface area contributed by atoms with E-state index in [0.717, 1.165) is 31.4 Å². The molecule has 0 saturated carbocycles. The molecule has 7 nitrogen and oxygen atoms in total. The van der Waals surface area contributed by atoms with Crippen LogP contribution < -0.4 is 10.1 Å². The number of rotatable bonds is 7. The van der Waals surface area contributed by atoms with Gasteiger partial charge in [-0.3, -0.25) is 10.1 Å². The average molecular weight is 452 g/mol. The molecule has 0 unspecified atom stereocenters. The predicted octanol–water partition coefficient (Wildman–Crippen LogP) is 4.09. The van der Waals surface area contributed by atoms with E-state index < -0.39 is 15.9 Å². The molecule has 30 heavy (non-hydrogen) atoms. The molecule has 0 bridgehead atoms. The molecule has 0 radical (unpaired) electrons. The topological polar surface area (TPSA) is 88.6 Å². The minimum Gasteiger partial charge on any atom is -0.496 e. The van der Waals surface area contributed by atoms with Crippen molar-refractivity contribution in [2.75, 3.05) is 25.5 Å². The number of nitrogens with one attached hydrogen (secondary N) is 1. The number of ether oxygens (including phenoxy) is 1.